The second-order valence-corrected chi connectivity index (χ2v) is 8.50. The molecule has 3 rings (SSSR count). The number of hydrogen-bond donors (Lipinski definition) is 1. The van der Waals surface area contributed by atoms with Crippen LogP contribution in [-0.4, -0.2) is 47.1 Å². The maximum Gasteiger partial charge on any atom is 0.338 e. The van der Waals surface area contributed by atoms with Gasteiger partial charge in [-0.3, -0.25) is 4.79 Å². The molecule has 1 aromatic carbocycles. The van der Waals surface area contributed by atoms with Crippen molar-refractivity contribution >= 4 is 16.0 Å². The number of esters is 1. The molecule has 3 aromatic rings. The molecule has 31 heavy (non-hydrogen) atoms. The Morgan fingerprint density at radius 1 is 1.10 bits per heavy atom. The Morgan fingerprint density at radius 2 is 1.81 bits per heavy atom. The first-order valence-corrected chi connectivity index (χ1v) is 11.1. The van der Waals surface area contributed by atoms with Crippen molar-refractivity contribution in [1.82, 2.24) is 24.3 Å². The summed E-state index contributed by atoms with van der Waals surface area (Å²) < 4.78 is 35.1. The summed E-state index contributed by atoms with van der Waals surface area (Å²) >= 11 is 0. The number of benzene rings is 1. The van der Waals surface area contributed by atoms with Crippen LogP contribution < -0.4 is 10.3 Å². The van der Waals surface area contributed by atoms with Crippen LogP contribution in [0.1, 0.15) is 28.7 Å². The van der Waals surface area contributed by atoms with E-state index in [2.05, 4.69) is 14.9 Å². The normalized spacial score (nSPS) is 11.5. The third-order valence-corrected chi connectivity index (χ3v) is 5.85. The van der Waals surface area contributed by atoms with Crippen LogP contribution in [0.4, 0.5) is 0 Å². The number of aromatic nitrogens is 4. The van der Waals surface area contributed by atoms with Gasteiger partial charge in [-0.1, -0.05) is 0 Å². The number of ether oxygens (including phenoxy) is 1. The molecule has 0 saturated carbocycles. The van der Waals surface area contributed by atoms with Crippen molar-refractivity contribution in [2.75, 3.05) is 13.2 Å². The van der Waals surface area contributed by atoms with Gasteiger partial charge in [0.1, 0.15) is 0 Å². The highest BCUT2D eigenvalue weighted by Gasteiger charge is 2.15. The predicted molar refractivity (Wildman–Crippen MR) is 113 cm³/mol. The minimum absolute atomic E-state index is 0.00255. The summed E-state index contributed by atoms with van der Waals surface area (Å²) in [7, 11) is -3.83. The van der Waals surface area contributed by atoms with Gasteiger partial charge in [0.2, 0.25) is 10.0 Å². The summed E-state index contributed by atoms with van der Waals surface area (Å²) in [6, 6.07) is 10.2. The highest BCUT2D eigenvalue weighted by atomic mass is 32.2. The molecule has 0 aliphatic rings. The smallest absolute Gasteiger partial charge is 0.338 e. The van der Waals surface area contributed by atoms with Crippen LogP contribution in [0.5, 0.6) is 0 Å². The number of carbonyl (C=O) groups excluding carboxylic acids is 1. The molecule has 0 atom stereocenters. The Bertz CT molecular complexity index is 1250. The number of nitrogens with one attached hydrogen (secondary N) is 1. The van der Waals surface area contributed by atoms with Gasteiger partial charge >= 0.3 is 5.97 Å². The molecule has 2 aromatic heterocycles. The molecule has 0 aliphatic heterocycles. The largest absolute Gasteiger partial charge is 0.462 e. The lowest BCUT2D eigenvalue weighted by Gasteiger charge is -2.10. The van der Waals surface area contributed by atoms with Crippen molar-refractivity contribution in [2.24, 2.45) is 0 Å². The van der Waals surface area contributed by atoms with E-state index in [1.807, 2.05) is 19.9 Å². The fourth-order valence-electron chi connectivity index (χ4n) is 2.93. The number of nitrogens with zero attached hydrogens (tertiary/aromatic N) is 4. The lowest BCUT2D eigenvalue weighted by molar-refractivity contribution is 0.0526. The minimum atomic E-state index is -3.83. The fraction of sp³-hybridized carbons (Fsp3) is 0.300. The number of carbonyl (C=O) groups is 1. The zero-order valence-electron chi connectivity index (χ0n) is 17.4. The van der Waals surface area contributed by atoms with Gasteiger partial charge in [0.05, 0.1) is 29.3 Å². The standard InChI is InChI=1S/C20H23N5O5S/c1-4-30-20(27)16-5-7-17(8-6-16)31(28,29)21-11-12-24-19(26)10-9-18(23-24)25-15(3)13-14(2)22-25/h5-10,13,21H,4,11-12H2,1-3H3. The molecule has 164 valence electrons. The van der Waals surface area contributed by atoms with Crippen molar-refractivity contribution in [3.63, 3.8) is 0 Å². The molecule has 0 aliphatic carbocycles. The summed E-state index contributed by atoms with van der Waals surface area (Å²) in [5.41, 5.74) is 1.58. The first-order chi connectivity index (χ1) is 14.7. The third kappa shape index (κ3) is 5.25. The van der Waals surface area contributed by atoms with Gasteiger partial charge in [0, 0.05) is 18.3 Å². The average Bonchev–Trinajstić information content (AvgIpc) is 3.07. The van der Waals surface area contributed by atoms with Crippen molar-refractivity contribution in [2.45, 2.75) is 32.2 Å². The van der Waals surface area contributed by atoms with Gasteiger partial charge in [-0.05, 0) is 57.2 Å². The van der Waals surface area contributed by atoms with Crippen LogP contribution in [0.2, 0.25) is 0 Å². The van der Waals surface area contributed by atoms with Gasteiger partial charge in [-0.25, -0.2) is 27.3 Å². The van der Waals surface area contributed by atoms with Gasteiger partial charge in [-0.15, -0.1) is 5.10 Å². The highest BCUT2D eigenvalue weighted by molar-refractivity contribution is 7.89. The van der Waals surface area contributed by atoms with Gasteiger partial charge in [-0.2, -0.15) is 5.10 Å². The van der Waals surface area contributed by atoms with E-state index in [0.717, 1.165) is 11.4 Å². The molecule has 0 spiro atoms. The summed E-state index contributed by atoms with van der Waals surface area (Å²) in [5, 5.41) is 8.61. The van der Waals surface area contributed by atoms with Crippen molar-refractivity contribution < 1.29 is 17.9 Å². The Kier molecular flexibility index (Phi) is 6.66. The highest BCUT2D eigenvalue weighted by Crippen LogP contribution is 2.11. The minimum Gasteiger partial charge on any atom is -0.462 e. The summed E-state index contributed by atoms with van der Waals surface area (Å²) in [6.07, 6.45) is 0. The number of hydrogen-bond acceptors (Lipinski definition) is 7. The molecule has 1 N–H and O–H groups in total. The molecule has 0 saturated heterocycles. The number of aryl methyl sites for hydroxylation is 2. The number of sulfonamides is 1. The molecule has 0 bridgehead atoms. The van der Waals surface area contributed by atoms with Crippen LogP contribution >= 0.6 is 0 Å². The van der Waals surface area contributed by atoms with E-state index < -0.39 is 16.0 Å². The second-order valence-electron chi connectivity index (χ2n) is 6.73. The maximum absolute atomic E-state index is 12.5. The molecular weight excluding hydrogens is 422 g/mol. The summed E-state index contributed by atoms with van der Waals surface area (Å²) in [6.45, 7) is 5.63. The molecule has 2 heterocycles. The van der Waals surface area contributed by atoms with Gasteiger partial charge in [0.15, 0.2) is 5.82 Å². The number of rotatable bonds is 8. The summed E-state index contributed by atoms with van der Waals surface area (Å²) in [5.74, 6) is -0.0602. The quantitative estimate of drug-likeness (QED) is 0.517. The average molecular weight is 446 g/mol. The Labute approximate surface area is 179 Å². The van der Waals surface area contributed by atoms with E-state index in [1.165, 1.54) is 35.0 Å². The van der Waals surface area contributed by atoms with Crippen LogP contribution in [0.15, 0.2) is 52.2 Å². The van der Waals surface area contributed by atoms with Crippen LogP contribution in [0.3, 0.4) is 0 Å². The van der Waals surface area contributed by atoms with E-state index >= 15 is 0 Å². The zero-order chi connectivity index (χ0) is 22.6. The van der Waals surface area contributed by atoms with E-state index in [9.17, 15) is 18.0 Å². The monoisotopic (exact) mass is 445 g/mol. The Hall–Kier alpha value is -3.31. The topological polar surface area (TPSA) is 125 Å². The Morgan fingerprint density at radius 3 is 2.42 bits per heavy atom. The second kappa shape index (κ2) is 9.23. The molecule has 0 amide bonds. The van der Waals surface area contributed by atoms with E-state index in [0.29, 0.717) is 5.82 Å². The lowest BCUT2D eigenvalue weighted by atomic mass is 10.2. The molecular formula is C20H23N5O5S. The third-order valence-electron chi connectivity index (χ3n) is 4.37. The van der Waals surface area contributed by atoms with Crippen LogP contribution in [0.25, 0.3) is 5.82 Å². The first kappa shape index (κ1) is 22.4. The molecule has 0 radical (unpaired) electrons. The fourth-order valence-corrected chi connectivity index (χ4v) is 3.95. The molecule has 10 nitrogen and oxygen atoms in total. The van der Waals surface area contributed by atoms with Crippen molar-refractivity contribution in [3.8, 4) is 5.82 Å². The van der Waals surface area contributed by atoms with Crippen LogP contribution in [0, 0.1) is 13.8 Å². The maximum atomic E-state index is 12.5. The van der Waals surface area contributed by atoms with Crippen molar-refractivity contribution in [1.29, 1.82) is 0 Å². The van der Waals surface area contributed by atoms with E-state index in [4.69, 9.17) is 4.74 Å². The zero-order valence-corrected chi connectivity index (χ0v) is 18.2. The Balaban J connectivity index is 1.69. The van der Waals surface area contributed by atoms with Gasteiger partial charge < -0.3 is 4.74 Å². The molecule has 0 unspecified atom stereocenters. The first-order valence-electron chi connectivity index (χ1n) is 9.60. The lowest BCUT2D eigenvalue weighted by Crippen LogP contribution is -2.32. The molecule has 0 fully saturated rings. The van der Waals surface area contributed by atoms with Crippen molar-refractivity contribution in [3.05, 3.63) is 69.8 Å². The SMILES string of the molecule is CCOC(=O)c1ccc(S(=O)(=O)NCCn2nc(-n3nc(C)cc3C)ccc2=O)cc1. The molecule has 11 heteroatoms. The van der Waals surface area contributed by atoms with E-state index in [1.54, 1.807) is 17.7 Å². The van der Waals surface area contributed by atoms with Gasteiger partial charge in [0.25, 0.3) is 5.56 Å². The summed E-state index contributed by atoms with van der Waals surface area (Å²) in [4.78, 5) is 23.8. The van der Waals surface area contributed by atoms with E-state index in [-0.39, 0.29) is 35.7 Å². The predicted octanol–water partition coefficient (Wildman–Crippen LogP) is 1.20. The van der Waals surface area contributed by atoms with Crippen LogP contribution in [-0.2, 0) is 21.3 Å².